The molecule has 2 heteroatoms. The number of methoxy groups -OCH3 is 1. The van der Waals surface area contributed by atoms with Gasteiger partial charge in [0.25, 0.3) is 0 Å². The topological polar surface area (TPSA) is 9.23 Å². The predicted molar refractivity (Wildman–Crippen MR) is 71.8 cm³/mol. The Bertz CT molecular complexity index is 409. The summed E-state index contributed by atoms with van der Waals surface area (Å²) in [5.41, 5.74) is 1.31. The largest absolute Gasteiger partial charge is 0.497 e. The molecule has 0 spiro atoms. The summed E-state index contributed by atoms with van der Waals surface area (Å²) >= 11 is 0. The fourth-order valence-electron chi connectivity index (χ4n) is 1.71. The molecule has 0 aliphatic rings. The van der Waals surface area contributed by atoms with Gasteiger partial charge in [-0.25, -0.2) is 0 Å². The van der Waals surface area contributed by atoms with E-state index in [1.54, 1.807) is 7.11 Å². The highest BCUT2D eigenvalue weighted by atomic mass is 16.5. The van der Waals surface area contributed by atoms with E-state index < -0.39 is 0 Å². The number of hydrogen-bond donors (Lipinski definition) is 0. The molecule has 0 heterocycles. The first-order valence-corrected chi connectivity index (χ1v) is 5.87. The van der Waals surface area contributed by atoms with Gasteiger partial charge in [0.15, 0.2) is 0 Å². The zero-order valence-electron chi connectivity index (χ0n) is 11.4. The smallest absolute Gasteiger partial charge is 0.140 e. The average molecular weight is 232 g/mol. The molecule has 1 unspecified atom stereocenters. The lowest BCUT2D eigenvalue weighted by Gasteiger charge is -2.34. The molecule has 1 aromatic rings. The molecule has 1 aromatic carbocycles. The Labute approximate surface area is 105 Å². The van der Waals surface area contributed by atoms with Crippen molar-refractivity contribution in [2.75, 3.05) is 27.7 Å². The first kappa shape index (κ1) is 13.6. The van der Waals surface area contributed by atoms with Gasteiger partial charge in [-0.15, -0.1) is 5.92 Å². The second kappa shape index (κ2) is 5.75. The standard InChI is InChI=1S/C15H22NO/c1-6-7-12-16(3,4)13(2)14-8-10-15(17-5)11-9-14/h8-11,13H,12H2,1-5H3/q+1. The molecule has 2 nitrogen and oxygen atoms in total. The monoisotopic (exact) mass is 232 g/mol. The molecule has 0 saturated heterocycles. The van der Waals surface area contributed by atoms with Crippen molar-refractivity contribution < 1.29 is 9.22 Å². The van der Waals surface area contributed by atoms with Crippen LogP contribution in [0.3, 0.4) is 0 Å². The van der Waals surface area contributed by atoms with Gasteiger partial charge in [-0.2, -0.15) is 0 Å². The van der Waals surface area contributed by atoms with Gasteiger partial charge in [0.2, 0.25) is 0 Å². The summed E-state index contributed by atoms with van der Waals surface area (Å²) in [6, 6.07) is 8.70. The first-order valence-electron chi connectivity index (χ1n) is 5.87. The van der Waals surface area contributed by atoms with Crippen LogP contribution in [0.1, 0.15) is 25.5 Å². The van der Waals surface area contributed by atoms with Crippen LogP contribution in [0.2, 0.25) is 0 Å². The molecule has 0 bridgehead atoms. The molecular formula is C15H22NO+. The van der Waals surface area contributed by atoms with Gasteiger partial charge in [0.1, 0.15) is 18.3 Å². The van der Waals surface area contributed by atoms with E-state index in [2.05, 4.69) is 45.0 Å². The quantitative estimate of drug-likeness (QED) is 0.573. The number of nitrogens with zero attached hydrogens (tertiary/aromatic N) is 1. The summed E-state index contributed by atoms with van der Waals surface area (Å²) in [4.78, 5) is 0. The van der Waals surface area contributed by atoms with Crippen molar-refractivity contribution in [2.24, 2.45) is 0 Å². The predicted octanol–water partition coefficient (Wildman–Crippen LogP) is 2.86. The molecule has 17 heavy (non-hydrogen) atoms. The Kier molecular flexibility index (Phi) is 4.60. The highest BCUT2D eigenvalue weighted by Gasteiger charge is 2.24. The van der Waals surface area contributed by atoms with Gasteiger partial charge >= 0.3 is 0 Å². The minimum Gasteiger partial charge on any atom is -0.497 e. The van der Waals surface area contributed by atoms with Crippen LogP contribution in [0.5, 0.6) is 5.75 Å². The van der Waals surface area contributed by atoms with E-state index in [0.717, 1.165) is 16.8 Å². The maximum absolute atomic E-state index is 5.17. The third-order valence-corrected chi connectivity index (χ3v) is 3.31. The van der Waals surface area contributed by atoms with Crippen molar-refractivity contribution in [3.63, 3.8) is 0 Å². The van der Waals surface area contributed by atoms with E-state index >= 15 is 0 Å². The fourth-order valence-corrected chi connectivity index (χ4v) is 1.71. The molecule has 0 radical (unpaired) electrons. The van der Waals surface area contributed by atoms with Crippen LogP contribution in [0, 0.1) is 11.8 Å². The summed E-state index contributed by atoms with van der Waals surface area (Å²) in [6.45, 7) is 4.99. The number of hydrogen-bond acceptors (Lipinski definition) is 1. The van der Waals surface area contributed by atoms with E-state index in [1.165, 1.54) is 5.56 Å². The minimum absolute atomic E-state index is 0.418. The van der Waals surface area contributed by atoms with Gasteiger partial charge in [-0.1, -0.05) is 0 Å². The Morgan fingerprint density at radius 2 is 1.82 bits per heavy atom. The number of quaternary nitrogens is 1. The summed E-state index contributed by atoms with van der Waals surface area (Å²) in [5, 5.41) is 0. The van der Waals surface area contributed by atoms with Gasteiger partial charge in [0, 0.05) is 5.56 Å². The van der Waals surface area contributed by atoms with Crippen molar-refractivity contribution >= 4 is 0 Å². The molecular weight excluding hydrogens is 210 g/mol. The first-order chi connectivity index (χ1) is 8.01. The molecule has 0 aromatic heterocycles. The molecule has 0 aliphatic carbocycles. The van der Waals surface area contributed by atoms with E-state index in [-0.39, 0.29) is 0 Å². The Morgan fingerprint density at radius 1 is 1.24 bits per heavy atom. The second-order valence-electron chi connectivity index (χ2n) is 4.81. The lowest BCUT2D eigenvalue weighted by atomic mass is 10.1. The highest BCUT2D eigenvalue weighted by molar-refractivity contribution is 5.28. The molecule has 1 atom stereocenters. The van der Waals surface area contributed by atoms with Crippen molar-refractivity contribution in [3.8, 4) is 17.6 Å². The van der Waals surface area contributed by atoms with Crippen molar-refractivity contribution in [2.45, 2.75) is 19.9 Å². The van der Waals surface area contributed by atoms with E-state index in [1.807, 2.05) is 19.1 Å². The average Bonchev–Trinajstić information content (AvgIpc) is 2.35. The molecule has 0 amide bonds. The van der Waals surface area contributed by atoms with Crippen molar-refractivity contribution in [1.29, 1.82) is 0 Å². The molecule has 0 saturated carbocycles. The lowest BCUT2D eigenvalue weighted by Crippen LogP contribution is -2.42. The normalized spacial score (nSPS) is 12.5. The lowest BCUT2D eigenvalue weighted by molar-refractivity contribution is -0.912. The van der Waals surface area contributed by atoms with Crippen LogP contribution in [0.15, 0.2) is 24.3 Å². The molecule has 0 fully saturated rings. The Morgan fingerprint density at radius 3 is 2.29 bits per heavy atom. The van der Waals surface area contributed by atoms with Crippen LogP contribution in [-0.4, -0.2) is 32.2 Å². The third-order valence-electron chi connectivity index (χ3n) is 3.31. The molecule has 0 N–H and O–H groups in total. The van der Waals surface area contributed by atoms with Crippen LogP contribution in [-0.2, 0) is 0 Å². The van der Waals surface area contributed by atoms with Gasteiger partial charge in [-0.3, -0.25) is 0 Å². The van der Waals surface area contributed by atoms with E-state index in [0.29, 0.717) is 6.04 Å². The molecule has 92 valence electrons. The summed E-state index contributed by atoms with van der Waals surface area (Å²) in [6.07, 6.45) is 0. The summed E-state index contributed by atoms with van der Waals surface area (Å²) in [7, 11) is 6.10. The second-order valence-corrected chi connectivity index (χ2v) is 4.81. The third kappa shape index (κ3) is 3.51. The summed E-state index contributed by atoms with van der Waals surface area (Å²) < 4.78 is 6.04. The Hall–Kier alpha value is -1.46. The van der Waals surface area contributed by atoms with Crippen molar-refractivity contribution in [3.05, 3.63) is 29.8 Å². The van der Waals surface area contributed by atoms with Crippen molar-refractivity contribution in [1.82, 2.24) is 0 Å². The summed E-state index contributed by atoms with van der Waals surface area (Å²) in [5.74, 6) is 7.02. The Balaban J connectivity index is 2.85. The fraction of sp³-hybridized carbons (Fsp3) is 0.467. The maximum atomic E-state index is 5.17. The van der Waals surface area contributed by atoms with Gasteiger partial charge in [0.05, 0.1) is 21.2 Å². The van der Waals surface area contributed by atoms with Crippen LogP contribution < -0.4 is 4.74 Å². The minimum atomic E-state index is 0.418. The number of benzene rings is 1. The number of rotatable bonds is 4. The van der Waals surface area contributed by atoms with E-state index in [9.17, 15) is 0 Å². The van der Waals surface area contributed by atoms with Gasteiger partial charge < -0.3 is 9.22 Å². The maximum Gasteiger partial charge on any atom is 0.140 e. The van der Waals surface area contributed by atoms with Gasteiger partial charge in [-0.05, 0) is 44.0 Å². The van der Waals surface area contributed by atoms with Crippen LogP contribution >= 0.6 is 0 Å². The molecule has 0 aliphatic heterocycles. The van der Waals surface area contributed by atoms with Crippen LogP contribution in [0.25, 0.3) is 0 Å². The SMILES string of the molecule is CC#CC[N+](C)(C)C(C)c1ccc(OC)cc1. The van der Waals surface area contributed by atoms with E-state index in [4.69, 9.17) is 4.74 Å². The molecule has 1 rings (SSSR count). The van der Waals surface area contributed by atoms with Crippen LogP contribution in [0.4, 0.5) is 0 Å². The highest BCUT2D eigenvalue weighted by Crippen LogP contribution is 2.25. The zero-order valence-corrected chi connectivity index (χ0v) is 11.4. The number of ether oxygens (including phenoxy) is 1. The zero-order chi connectivity index (χ0) is 12.9.